The zero-order chi connectivity index (χ0) is 17.6. The molecular weight excluding hydrogens is 323 g/mol. The monoisotopic (exact) mass is 340 g/mol. The molecule has 3 rings (SSSR count). The highest BCUT2D eigenvalue weighted by Crippen LogP contribution is 2.22. The minimum Gasteiger partial charge on any atom is -0.340 e. The molecule has 1 aromatic heterocycles. The average Bonchev–Trinajstić information content (AvgIpc) is 3.04. The van der Waals surface area contributed by atoms with Crippen LogP contribution in [-0.4, -0.2) is 16.2 Å². The van der Waals surface area contributed by atoms with Crippen LogP contribution in [-0.2, 0) is 6.54 Å². The van der Waals surface area contributed by atoms with Crippen LogP contribution < -0.4 is 10.6 Å². The van der Waals surface area contributed by atoms with E-state index in [1.807, 2.05) is 30.3 Å². The largest absolute Gasteiger partial charge is 0.340 e. The van der Waals surface area contributed by atoms with E-state index in [1.165, 1.54) is 12.1 Å². The normalized spacial score (nSPS) is 11.8. The van der Waals surface area contributed by atoms with Gasteiger partial charge in [-0.3, -0.25) is 0 Å². The Kier molecular flexibility index (Phi) is 5.03. The van der Waals surface area contributed by atoms with Gasteiger partial charge in [-0.05, 0) is 23.3 Å². The number of carbonyl (C=O) groups is 1. The Bertz CT molecular complexity index is 851. The first kappa shape index (κ1) is 16.6. The number of hydrogen-bond acceptors (Lipinski definition) is 4. The van der Waals surface area contributed by atoms with Gasteiger partial charge in [0.15, 0.2) is 5.82 Å². The molecule has 2 aromatic carbocycles. The predicted molar refractivity (Wildman–Crippen MR) is 89.1 cm³/mol. The van der Waals surface area contributed by atoms with Crippen LogP contribution in [0.3, 0.4) is 0 Å². The van der Waals surface area contributed by atoms with E-state index < -0.39 is 12.1 Å². The SMILES string of the molecule is Cc1nc(CNC(=O)NC(c2ccccc2)c2cccc(F)c2)no1. The number of benzene rings is 2. The Morgan fingerprint density at radius 3 is 2.60 bits per heavy atom. The molecule has 7 heteroatoms. The van der Waals surface area contributed by atoms with Crippen molar-refractivity contribution in [3.05, 3.63) is 83.3 Å². The van der Waals surface area contributed by atoms with Crippen molar-refractivity contribution in [1.29, 1.82) is 0 Å². The summed E-state index contributed by atoms with van der Waals surface area (Å²) in [5.41, 5.74) is 1.50. The predicted octanol–water partition coefficient (Wildman–Crippen LogP) is 3.11. The summed E-state index contributed by atoms with van der Waals surface area (Å²) in [7, 11) is 0. The standard InChI is InChI=1S/C18H17FN4O2/c1-12-21-16(23-25-12)11-20-18(24)22-17(13-6-3-2-4-7-13)14-8-5-9-15(19)10-14/h2-10,17H,11H2,1H3,(H2,20,22,24). The fourth-order valence-corrected chi connectivity index (χ4v) is 2.45. The fraction of sp³-hybridized carbons (Fsp3) is 0.167. The molecule has 0 aliphatic carbocycles. The summed E-state index contributed by atoms with van der Waals surface area (Å²) in [5, 5.41) is 9.24. The summed E-state index contributed by atoms with van der Waals surface area (Å²) in [6, 6.07) is 14.6. The molecule has 0 saturated carbocycles. The lowest BCUT2D eigenvalue weighted by Gasteiger charge is -2.20. The number of rotatable bonds is 5. The van der Waals surface area contributed by atoms with Crippen molar-refractivity contribution in [2.75, 3.05) is 0 Å². The second-order valence-corrected chi connectivity index (χ2v) is 5.46. The molecule has 0 aliphatic heterocycles. The van der Waals surface area contributed by atoms with Gasteiger partial charge in [0, 0.05) is 6.92 Å². The first-order valence-corrected chi connectivity index (χ1v) is 7.76. The Labute approximate surface area is 144 Å². The van der Waals surface area contributed by atoms with Gasteiger partial charge in [-0.2, -0.15) is 4.98 Å². The molecule has 25 heavy (non-hydrogen) atoms. The third-order valence-electron chi connectivity index (χ3n) is 3.57. The van der Waals surface area contributed by atoms with E-state index in [9.17, 15) is 9.18 Å². The van der Waals surface area contributed by atoms with E-state index >= 15 is 0 Å². The third-order valence-corrected chi connectivity index (χ3v) is 3.57. The zero-order valence-electron chi connectivity index (χ0n) is 13.6. The molecular formula is C18H17FN4O2. The van der Waals surface area contributed by atoms with Crippen molar-refractivity contribution in [3.8, 4) is 0 Å². The molecule has 128 valence electrons. The van der Waals surface area contributed by atoms with Crippen LogP contribution in [0, 0.1) is 12.7 Å². The summed E-state index contributed by atoms with van der Waals surface area (Å²) in [6.07, 6.45) is 0. The second kappa shape index (κ2) is 7.57. The van der Waals surface area contributed by atoms with Gasteiger partial charge in [-0.1, -0.05) is 47.6 Å². The van der Waals surface area contributed by atoms with Crippen molar-refractivity contribution < 1.29 is 13.7 Å². The van der Waals surface area contributed by atoms with Crippen molar-refractivity contribution in [2.24, 2.45) is 0 Å². The van der Waals surface area contributed by atoms with E-state index in [-0.39, 0.29) is 12.4 Å². The number of amides is 2. The number of nitrogens with one attached hydrogen (secondary N) is 2. The lowest BCUT2D eigenvalue weighted by molar-refractivity contribution is 0.238. The number of carbonyl (C=O) groups excluding carboxylic acids is 1. The number of aryl methyl sites for hydroxylation is 1. The first-order valence-electron chi connectivity index (χ1n) is 7.76. The Morgan fingerprint density at radius 2 is 1.92 bits per heavy atom. The van der Waals surface area contributed by atoms with Gasteiger partial charge in [-0.15, -0.1) is 0 Å². The van der Waals surface area contributed by atoms with Crippen LogP contribution in [0.4, 0.5) is 9.18 Å². The van der Waals surface area contributed by atoms with Crippen LogP contribution >= 0.6 is 0 Å². The van der Waals surface area contributed by atoms with Crippen LogP contribution in [0.25, 0.3) is 0 Å². The molecule has 2 amide bonds. The van der Waals surface area contributed by atoms with E-state index in [1.54, 1.807) is 19.1 Å². The number of hydrogen-bond donors (Lipinski definition) is 2. The Balaban J connectivity index is 1.74. The van der Waals surface area contributed by atoms with E-state index in [4.69, 9.17) is 4.52 Å². The molecule has 2 N–H and O–H groups in total. The molecule has 0 aliphatic rings. The van der Waals surface area contributed by atoms with Gasteiger partial charge < -0.3 is 15.2 Å². The Morgan fingerprint density at radius 1 is 1.16 bits per heavy atom. The molecule has 1 atom stereocenters. The zero-order valence-corrected chi connectivity index (χ0v) is 13.6. The molecule has 0 spiro atoms. The third kappa shape index (κ3) is 4.41. The molecule has 0 saturated heterocycles. The maximum Gasteiger partial charge on any atom is 0.315 e. The molecule has 1 unspecified atom stereocenters. The smallest absolute Gasteiger partial charge is 0.315 e. The highest BCUT2D eigenvalue weighted by atomic mass is 19.1. The summed E-state index contributed by atoms with van der Waals surface area (Å²) in [6.45, 7) is 1.81. The van der Waals surface area contributed by atoms with Crippen molar-refractivity contribution in [2.45, 2.75) is 19.5 Å². The summed E-state index contributed by atoms with van der Waals surface area (Å²) in [4.78, 5) is 16.3. The van der Waals surface area contributed by atoms with E-state index in [2.05, 4.69) is 20.8 Å². The quantitative estimate of drug-likeness (QED) is 0.748. The first-order chi connectivity index (χ1) is 12.1. The molecule has 6 nitrogen and oxygen atoms in total. The highest BCUT2D eigenvalue weighted by molar-refractivity contribution is 5.75. The summed E-state index contributed by atoms with van der Waals surface area (Å²) in [5.74, 6) is 0.455. The topological polar surface area (TPSA) is 80.0 Å². The molecule has 3 aromatic rings. The maximum absolute atomic E-state index is 13.6. The van der Waals surface area contributed by atoms with Crippen molar-refractivity contribution in [1.82, 2.24) is 20.8 Å². The molecule has 0 bridgehead atoms. The minimum atomic E-state index is -0.482. The minimum absolute atomic E-state index is 0.133. The van der Waals surface area contributed by atoms with Crippen molar-refractivity contribution in [3.63, 3.8) is 0 Å². The van der Waals surface area contributed by atoms with Gasteiger partial charge in [0.2, 0.25) is 5.89 Å². The van der Waals surface area contributed by atoms with Crippen LogP contribution in [0.1, 0.15) is 28.9 Å². The second-order valence-electron chi connectivity index (χ2n) is 5.46. The van der Waals surface area contributed by atoms with Gasteiger partial charge in [0.1, 0.15) is 5.82 Å². The van der Waals surface area contributed by atoms with Gasteiger partial charge in [0.25, 0.3) is 0 Å². The van der Waals surface area contributed by atoms with Crippen molar-refractivity contribution >= 4 is 6.03 Å². The van der Waals surface area contributed by atoms with E-state index in [0.717, 1.165) is 5.56 Å². The fourth-order valence-electron chi connectivity index (χ4n) is 2.45. The summed E-state index contributed by atoms with van der Waals surface area (Å²) < 4.78 is 18.5. The van der Waals surface area contributed by atoms with Gasteiger partial charge >= 0.3 is 6.03 Å². The molecule has 1 heterocycles. The number of aromatic nitrogens is 2. The highest BCUT2D eigenvalue weighted by Gasteiger charge is 2.17. The van der Waals surface area contributed by atoms with Crippen LogP contribution in [0.2, 0.25) is 0 Å². The molecule has 0 fully saturated rings. The lowest BCUT2D eigenvalue weighted by atomic mass is 9.99. The Hall–Kier alpha value is -3.22. The van der Waals surface area contributed by atoms with Gasteiger partial charge in [-0.25, -0.2) is 9.18 Å². The van der Waals surface area contributed by atoms with E-state index in [0.29, 0.717) is 17.3 Å². The number of halogens is 1. The van der Waals surface area contributed by atoms with Gasteiger partial charge in [0.05, 0.1) is 12.6 Å². The van der Waals surface area contributed by atoms with Crippen LogP contribution in [0.15, 0.2) is 59.1 Å². The number of nitrogens with zero attached hydrogens (tertiary/aromatic N) is 2. The van der Waals surface area contributed by atoms with Crippen LogP contribution in [0.5, 0.6) is 0 Å². The molecule has 0 radical (unpaired) electrons. The lowest BCUT2D eigenvalue weighted by Crippen LogP contribution is -2.38. The maximum atomic E-state index is 13.6. The average molecular weight is 340 g/mol. The number of urea groups is 1. The summed E-state index contributed by atoms with van der Waals surface area (Å²) >= 11 is 0.